The molecule has 0 aromatic heterocycles. The van der Waals surface area contributed by atoms with Crippen LogP contribution in [0.4, 0.5) is 0 Å². The predicted octanol–water partition coefficient (Wildman–Crippen LogP) is 0.550. The maximum atomic E-state index is 10.0. The molecule has 10 heavy (non-hydrogen) atoms. The molecule has 0 bridgehead atoms. The summed E-state index contributed by atoms with van der Waals surface area (Å²) >= 11 is 0. The molecule has 0 saturated heterocycles. The fourth-order valence-electron chi connectivity index (χ4n) is 0.263. The van der Waals surface area contributed by atoms with Gasteiger partial charge in [-0.1, -0.05) is 0 Å². The molecule has 2 unspecified atom stereocenters. The van der Waals surface area contributed by atoms with Gasteiger partial charge in [0.25, 0.3) is 0 Å². The average molecular weight is 169 g/mol. The molecule has 0 fully saturated rings. The molecule has 0 aliphatic carbocycles. The van der Waals surface area contributed by atoms with Crippen LogP contribution in [0.2, 0.25) is 0 Å². The van der Waals surface area contributed by atoms with Gasteiger partial charge in [0.1, 0.15) is 0 Å². The summed E-state index contributed by atoms with van der Waals surface area (Å²) in [7, 11) is 4.93. The van der Waals surface area contributed by atoms with Crippen LogP contribution in [0.15, 0.2) is 0 Å². The lowest BCUT2D eigenvalue weighted by Crippen LogP contribution is -2.43. The van der Waals surface area contributed by atoms with Crippen LogP contribution in [0.1, 0.15) is 6.92 Å². The first-order chi connectivity index (χ1) is 3.98. The van der Waals surface area contributed by atoms with E-state index in [1.807, 2.05) is 28.1 Å². The second-order valence-corrected chi connectivity index (χ2v) is 3.41. The Balaban J connectivity index is 0. The van der Waals surface area contributed by atoms with Gasteiger partial charge < -0.3 is 9.96 Å². The monoisotopic (exact) mass is 169 g/mol. The Hall–Kier alpha value is 0.110. The second kappa shape index (κ2) is 4.85. The number of hydrogen-bond acceptors (Lipinski definition) is 3. The molecule has 0 aromatic rings. The fraction of sp³-hybridized carbons (Fsp3) is 1.00. The van der Waals surface area contributed by atoms with Crippen molar-refractivity contribution in [3.8, 4) is 0 Å². The molecule has 0 aliphatic heterocycles. The lowest BCUT2D eigenvalue weighted by molar-refractivity contribution is -0.912. The van der Waals surface area contributed by atoms with E-state index in [2.05, 4.69) is 0 Å². The van der Waals surface area contributed by atoms with Crippen molar-refractivity contribution in [2.24, 2.45) is 0 Å². The lowest BCUT2D eigenvalue weighted by Gasteiger charge is -2.29. The molecule has 0 aliphatic rings. The van der Waals surface area contributed by atoms with Crippen LogP contribution < -0.4 is 0 Å². The summed E-state index contributed by atoms with van der Waals surface area (Å²) in [6.45, 7) is 1.91. The lowest BCUT2D eigenvalue weighted by atomic mass is 10.5. The Bertz CT molecular complexity index is 102. The molecule has 0 heterocycles. The topological polar surface area (TPSA) is 56.3 Å². The van der Waals surface area contributed by atoms with E-state index in [1.54, 1.807) is 0 Å². The van der Waals surface area contributed by atoms with Crippen LogP contribution in [0, 0.1) is 0 Å². The number of rotatable bonds is 3. The minimum Gasteiger partial charge on any atom is -0.870 e. The zero-order valence-electron chi connectivity index (χ0n) is 6.87. The Labute approximate surface area is 63.0 Å². The summed E-state index contributed by atoms with van der Waals surface area (Å²) in [4.78, 5) is 0. The third-order valence-corrected chi connectivity index (χ3v) is 1.85. The molecule has 2 atom stereocenters. The fourth-order valence-corrected chi connectivity index (χ4v) is 0.789. The SMILES string of the molecule is CC(O[PH2]=O)[N+](C)(C)C.[OH-]. The number of quaternary nitrogens is 1. The molecule has 0 aromatic carbocycles. The van der Waals surface area contributed by atoms with Gasteiger partial charge in [-0.05, 0) is 0 Å². The summed E-state index contributed by atoms with van der Waals surface area (Å²) in [5, 5.41) is 0. The van der Waals surface area contributed by atoms with Gasteiger partial charge in [0.15, 0.2) is 14.9 Å². The highest BCUT2D eigenvalue weighted by Crippen LogP contribution is 2.09. The van der Waals surface area contributed by atoms with Crippen molar-refractivity contribution < 1.29 is 19.0 Å². The zero-order valence-corrected chi connectivity index (χ0v) is 8.02. The minimum atomic E-state index is -1.07. The molecule has 4 nitrogen and oxygen atoms in total. The van der Waals surface area contributed by atoms with Gasteiger partial charge in [-0.2, -0.15) is 0 Å². The normalized spacial score (nSPS) is 15.2. The van der Waals surface area contributed by atoms with E-state index in [-0.39, 0.29) is 11.7 Å². The molecular formula is C5H16NO3P. The van der Waals surface area contributed by atoms with Crippen LogP contribution in [-0.4, -0.2) is 37.3 Å². The number of nitrogens with zero attached hydrogens (tertiary/aromatic N) is 1. The minimum absolute atomic E-state index is 0. The summed E-state index contributed by atoms with van der Waals surface area (Å²) < 4.78 is 15.6. The van der Waals surface area contributed by atoms with Crippen LogP contribution in [0.5, 0.6) is 0 Å². The molecule has 0 spiro atoms. The molecule has 0 saturated carbocycles. The van der Waals surface area contributed by atoms with Crippen molar-refractivity contribution in [1.29, 1.82) is 0 Å². The van der Waals surface area contributed by atoms with Gasteiger partial charge in [0.05, 0.1) is 21.1 Å². The summed E-state index contributed by atoms with van der Waals surface area (Å²) in [5.41, 5.74) is 0. The van der Waals surface area contributed by atoms with Crippen LogP contribution in [-0.2, 0) is 9.09 Å². The van der Waals surface area contributed by atoms with E-state index in [0.717, 1.165) is 0 Å². The van der Waals surface area contributed by atoms with E-state index >= 15 is 0 Å². The Kier molecular flexibility index (Phi) is 6.19. The summed E-state index contributed by atoms with van der Waals surface area (Å²) in [5.74, 6) is 0. The van der Waals surface area contributed by atoms with Crippen molar-refractivity contribution in [2.75, 3.05) is 21.1 Å². The van der Waals surface area contributed by atoms with E-state index in [1.165, 1.54) is 0 Å². The first kappa shape index (κ1) is 12.8. The summed E-state index contributed by atoms with van der Waals surface area (Å²) in [6, 6.07) is 0. The predicted molar refractivity (Wildman–Crippen MR) is 40.9 cm³/mol. The largest absolute Gasteiger partial charge is 0.870 e. The highest BCUT2D eigenvalue weighted by Gasteiger charge is 2.17. The third kappa shape index (κ3) is 4.94. The highest BCUT2D eigenvalue weighted by molar-refractivity contribution is 7.17. The van der Waals surface area contributed by atoms with E-state index in [0.29, 0.717) is 4.48 Å². The average Bonchev–Trinajstić information content (AvgIpc) is 1.64. The maximum Gasteiger partial charge on any atom is 0.196 e. The standard InChI is InChI=1S/C5H15NO2P.H2O/c1-5(8-9-7)6(2,3)4;/h5H,9H2,1-4H3;1H2/q+1;/p-1. The van der Waals surface area contributed by atoms with Crippen LogP contribution >= 0.6 is 8.69 Å². The molecule has 0 rings (SSSR count). The van der Waals surface area contributed by atoms with Gasteiger partial charge in [-0.25, -0.2) is 0 Å². The first-order valence-electron chi connectivity index (χ1n) is 2.88. The first-order valence-corrected chi connectivity index (χ1v) is 3.83. The Morgan fingerprint density at radius 1 is 1.40 bits per heavy atom. The Morgan fingerprint density at radius 2 is 1.80 bits per heavy atom. The summed E-state index contributed by atoms with van der Waals surface area (Å²) in [6.07, 6.45) is 0.0255. The van der Waals surface area contributed by atoms with E-state index in [9.17, 15) is 4.57 Å². The molecule has 1 N–H and O–H groups in total. The van der Waals surface area contributed by atoms with Crippen molar-refractivity contribution in [2.45, 2.75) is 13.2 Å². The van der Waals surface area contributed by atoms with Crippen LogP contribution in [0.25, 0.3) is 0 Å². The molecular weight excluding hydrogens is 153 g/mol. The molecule has 5 heteroatoms. The van der Waals surface area contributed by atoms with Crippen molar-refractivity contribution in [3.63, 3.8) is 0 Å². The highest BCUT2D eigenvalue weighted by atomic mass is 31.1. The van der Waals surface area contributed by atoms with Crippen molar-refractivity contribution >= 4 is 8.69 Å². The second-order valence-electron chi connectivity index (χ2n) is 2.95. The van der Waals surface area contributed by atoms with Gasteiger partial charge in [0, 0.05) is 6.92 Å². The smallest absolute Gasteiger partial charge is 0.196 e. The van der Waals surface area contributed by atoms with Crippen molar-refractivity contribution in [1.82, 2.24) is 0 Å². The quantitative estimate of drug-likeness (QED) is 0.352. The van der Waals surface area contributed by atoms with Gasteiger partial charge >= 0.3 is 0 Å². The van der Waals surface area contributed by atoms with Crippen molar-refractivity contribution in [3.05, 3.63) is 0 Å². The molecule has 64 valence electrons. The zero-order chi connectivity index (χ0) is 7.49. The Morgan fingerprint density at radius 3 is 1.90 bits per heavy atom. The van der Waals surface area contributed by atoms with Gasteiger partial charge in [-0.3, -0.25) is 9.09 Å². The maximum absolute atomic E-state index is 10.0. The van der Waals surface area contributed by atoms with E-state index < -0.39 is 8.69 Å². The number of hydrogen-bond donors (Lipinski definition) is 0. The third-order valence-electron chi connectivity index (χ3n) is 1.34. The molecule has 0 radical (unpaired) electrons. The molecule has 0 amide bonds. The van der Waals surface area contributed by atoms with E-state index in [4.69, 9.17) is 4.52 Å². The van der Waals surface area contributed by atoms with Crippen LogP contribution in [0.3, 0.4) is 0 Å². The van der Waals surface area contributed by atoms with Gasteiger partial charge in [0.2, 0.25) is 0 Å². The van der Waals surface area contributed by atoms with Gasteiger partial charge in [-0.15, -0.1) is 0 Å².